The van der Waals surface area contributed by atoms with Crippen molar-refractivity contribution in [3.8, 4) is 17.3 Å². The number of hydrogen-bond acceptors (Lipinski definition) is 4. The van der Waals surface area contributed by atoms with Gasteiger partial charge in [-0.25, -0.2) is 4.98 Å². The standard InChI is InChI=1S/C55H59N4O.Pt/c1-36-37(2)58(44-29-41(53(6,7)8)28-42(30-44)54(9,10)11)35-57(36)43-20-17-21-45(33-43)60-46-23-24-47-48-31-40(55(12,13)38-18-15-14-16-19-38)22-25-49(48)59(50(47)34-46)51-32-39(26-27-56-51)52(3,4)5;/h14-32,35H,1-13H3;/q-3;. The van der Waals surface area contributed by atoms with Gasteiger partial charge in [0.15, 0.2) is 0 Å². The number of nitrogens with zero attached hydrogens (tertiary/aromatic N) is 4. The maximum Gasteiger partial charge on any atom is 0.135 e. The van der Waals surface area contributed by atoms with E-state index < -0.39 is 0 Å². The molecule has 0 saturated heterocycles. The number of hydrogen-bond donors (Lipinski definition) is 0. The Morgan fingerprint density at radius 2 is 1.18 bits per heavy atom. The maximum absolute atomic E-state index is 6.65. The van der Waals surface area contributed by atoms with Gasteiger partial charge in [0, 0.05) is 66.8 Å². The molecule has 2 aromatic heterocycles. The molecule has 3 heterocycles. The van der Waals surface area contributed by atoms with Crippen LogP contribution in [0.4, 0.5) is 11.4 Å². The first-order chi connectivity index (χ1) is 28.2. The molecule has 6 heteroatoms. The van der Waals surface area contributed by atoms with Gasteiger partial charge in [0.25, 0.3) is 0 Å². The zero-order valence-electron chi connectivity index (χ0n) is 38.1. The van der Waals surface area contributed by atoms with E-state index in [1.807, 2.05) is 24.4 Å². The van der Waals surface area contributed by atoms with Crippen LogP contribution in [0.15, 0.2) is 127 Å². The largest absolute Gasteiger partial charge is 0.509 e. The molecule has 5 aromatic carbocycles. The van der Waals surface area contributed by atoms with E-state index in [0.717, 1.165) is 44.7 Å². The zero-order chi connectivity index (χ0) is 42.9. The summed E-state index contributed by atoms with van der Waals surface area (Å²) in [6.45, 7) is 31.5. The van der Waals surface area contributed by atoms with Crippen molar-refractivity contribution in [1.82, 2.24) is 9.55 Å². The van der Waals surface area contributed by atoms with Crippen LogP contribution < -0.4 is 14.5 Å². The minimum atomic E-state index is -0.191. The summed E-state index contributed by atoms with van der Waals surface area (Å²) < 4.78 is 8.89. The van der Waals surface area contributed by atoms with E-state index in [1.165, 1.54) is 33.5 Å². The molecule has 0 radical (unpaired) electrons. The monoisotopic (exact) mass is 986 g/mol. The Hall–Kier alpha value is -5.12. The Kier molecular flexibility index (Phi) is 11.5. The minimum absolute atomic E-state index is 0. The van der Waals surface area contributed by atoms with E-state index in [1.54, 1.807) is 0 Å². The molecule has 61 heavy (non-hydrogen) atoms. The summed E-state index contributed by atoms with van der Waals surface area (Å²) >= 11 is 0. The summed E-state index contributed by atoms with van der Waals surface area (Å²) in [5.74, 6) is 2.09. The fourth-order valence-electron chi connectivity index (χ4n) is 8.15. The molecule has 1 aliphatic rings. The molecule has 0 aliphatic carbocycles. The first-order valence-electron chi connectivity index (χ1n) is 21.2. The normalized spacial score (nSPS) is 14.0. The molecule has 0 N–H and O–H groups in total. The number of fused-ring (bicyclic) bond motifs is 3. The molecular weight excluding hydrogens is 928 g/mol. The van der Waals surface area contributed by atoms with Gasteiger partial charge in [0.05, 0.1) is 0 Å². The first-order valence-corrected chi connectivity index (χ1v) is 21.2. The van der Waals surface area contributed by atoms with Crippen LogP contribution in [0.3, 0.4) is 0 Å². The quantitative estimate of drug-likeness (QED) is 0.149. The minimum Gasteiger partial charge on any atom is -0.509 e. The molecule has 318 valence electrons. The van der Waals surface area contributed by atoms with Crippen molar-refractivity contribution in [3.63, 3.8) is 0 Å². The van der Waals surface area contributed by atoms with Crippen LogP contribution in [-0.4, -0.2) is 9.55 Å². The van der Waals surface area contributed by atoms with Crippen molar-refractivity contribution in [2.45, 2.75) is 112 Å². The third kappa shape index (κ3) is 8.43. The van der Waals surface area contributed by atoms with Crippen molar-refractivity contribution < 1.29 is 25.8 Å². The summed E-state index contributed by atoms with van der Waals surface area (Å²) in [6.07, 6.45) is 1.92. The number of allylic oxidation sites excluding steroid dienone is 2. The van der Waals surface area contributed by atoms with E-state index in [2.05, 4.69) is 214 Å². The number of anilines is 2. The first kappa shape index (κ1) is 44.0. The van der Waals surface area contributed by atoms with Crippen LogP contribution in [0.1, 0.15) is 118 Å². The molecule has 0 bridgehead atoms. The molecular formula is C55H59N4OPt-3. The number of aromatic nitrogens is 2. The number of pyridine rings is 1. The van der Waals surface area contributed by atoms with Gasteiger partial charge in [-0.2, -0.15) is 12.1 Å². The Morgan fingerprint density at radius 3 is 1.84 bits per heavy atom. The topological polar surface area (TPSA) is 33.5 Å². The van der Waals surface area contributed by atoms with Crippen LogP contribution in [0.25, 0.3) is 27.6 Å². The van der Waals surface area contributed by atoms with Crippen LogP contribution in [-0.2, 0) is 42.7 Å². The van der Waals surface area contributed by atoms with Crippen molar-refractivity contribution in [2.24, 2.45) is 0 Å². The SMILES string of the molecule is CC1=C(C)N(c2cc(C(C)(C)C)cc(C(C)(C)C)c2)[CH-]N1c1[c-]c(Oc2[c-]c3c(cc2)c2cc(C(C)(C)c4ccccc4)ccc2n3-c2cc(C(C)(C)C)ccn2)ccc1.[Pt]. The predicted molar refractivity (Wildman–Crippen MR) is 252 cm³/mol. The van der Waals surface area contributed by atoms with Crippen LogP contribution >= 0.6 is 0 Å². The summed E-state index contributed by atoms with van der Waals surface area (Å²) in [5, 5.41) is 2.25. The summed E-state index contributed by atoms with van der Waals surface area (Å²) in [5.41, 5.74) is 12.6. The van der Waals surface area contributed by atoms with E-state index in [9.17, 15) is 0 Å². The second-order valence-electron chi connectivity index (χ2n) is 20.1. The van der Waals surface area contributed by atoms with Crippen molar-refractivity contribution in [1.29, 1.82) is 0 Å². The molecule has 0 saturated carbocycles. The average Bonchev–Trinajstić information content (AvgIpc) is 3.69. The average molecular weight is 987 g/mol. The van der Waals surface area contributed by atoms with E-state index in [4.69, 9.17) is 9.72 Å². The summed E-state index contributed by atoms with van der Waals surface area (Å²) in [6, 6.07) is 46.5. The fourth-order valence-corrected chi connectivity index (χ4v) is 8.15. The van der Waals surface area contributed by atoms with Crippen LogP contribution in [0, 0.1) is 18.8 Å². The van der Waals surface area contributed by atoms with Gasteiger partial charge >= 0.3 is 0 Å². The Bertz CT molecular complexity index is 2740. The molecule has 1 aliphatic heterocycles. The van der Waals surface area contributed by atoms with Gasteiger partial charge in [0.2, 0.25) is 0 Å². The fraction of sp³-hybridized carbons (Fsp3) is 0.309. The van der Waals surface area contributed by atoms with Crippen LogP contribution in [0.5, 0.6) is 11.5 Å². The molecule has 0 unspecified atom stereocenters. The number of benzene rings is 5. The Morgan fingerprint density at radius 1 is 0.541 bits per heavy atom. The van der Waals surface area contributed by atoms with Crippen molar-refractivity contribution in [3.05, 3.63) is 173 Å². The third-order valence-electron chi connectivity index (χ3n) is 12.3. The van der Waals surface area contributed by atoms with E-state index >= 15 is 0 Å². The zero-order valence-corrected chi connectivity index (χ0v) is 40.3. The van der Waals surface area contributed by atoms with E-state index in [0.29, 0.717) is 11.5 Å². The van der Waals surface area contributed by atoms with Crippen molar-refractivity contribution in [2.75, 3.05) is 9.80 Å². The van der Waals surface area contributed by atoms with Crippen molar-refractivity contribution >= 4 is 33.2 Å². The number of rotatable bonds is 7. The molecule has 0 spiro atoms. The second-order valence-corrected chi connectivity index (χ2v) is 20.1. The molecule has 0 atom stereocenters. The van der Waals surface area contributed by atoms with Gasteiger partial charge in [-0.3, -0.25) is 0 Å². The smallest absolute Gasteiger partial charge is 0.135 e. The molecule has 7 aromatic rings. The van der Waals surface area contributed by atoms with Gasteiger partial charge in [-0.1, -0.05) is 130 Å². The van der Waals surface area contributed by atoms with Crippen LogP contribution in [0.2, 0.25) is 0 Å². The number of ether oxygens (including phenoxy) is 1. The summed E-state index contributed by atoms with van der Waals surface area (Å²) in [7, 11) is 0. The van der Waals surface area contributed by atoms with Gasteiger partial charge in [-0.15, -0.1) is 48.1 Å². The van der Waals surface area contributed by atoms with Gasteiger partial charge in [-0.05, 0) is 93.6 Å². The Balaban J connectivity index is 0.00000561. The molecule has 0 fully saturated rings. The maximum atomic E-state index is 6.65. The third-order valence-corrected chi connectivity index (χ3v) is 12.3. The molecule has 0 amide bonds. The molecule has 8 rings (SSSR count). The van der Waals surface area contributed by atoms with Gasteiger partial charge in [0.1, 0.15) is 5.82 Å². The predicted octanol–water partition coefficient (Wildman–Crippen LogP) is 14.5. The van der Waals surface area contributed by atoms with E-state index in [-0.39, 0.29) is 42.7 Å². The second kappa shape index (κ2) is 16.0. The molecule has 5 nitrogen and oxygen atoms in total. The van der Waals surface area contributed by atoms with Gasteiger partial charge < -0.3 is 19.1 Å². The Labute approximate surface area is 378 Å². The summed E-state index contributed by atoms with van der Waals surface area (Å²) in [4.78, 5) is 9.44.